The molecule has 0 aromatic carbocycles. The van der Waals surface area contributed by atoms with E-state index in [1.165, 1.54) is 5.57 Å². The predicted octanol–water partition coefficient (Wildman–Crippen LogP) is 1.57. The molecule has 0 atom stereocenters. The molecule has 0 heterocycles. The smallest absolute Gasteiger partial charge is 0.0431 e. The Balaban J connectivity index is 2.60. The molecule has 0 bridgehead atoms. The van der Waals surface area contributed by atoms with Crippen LogP contribution < -0.4 is 11.1 Å². The lowest BCUT2D eigenvalue weighted by atomic mass is 9.93. The van der Waals surface area contributed by atoms with Crippen molar-refractivity contribution >= 4 is 0 Å². The van der Waals surface area contributed by atoms with Gasteiger partial charge in [-0.3, -0.25) is 0 Å². The van der Waals surface area contributed by atoms with Crippen molar-refractivity contribution in [2.45, 2.75) is 13.8 Å². The highest BCUT2D eigenvalue weighted by Crippen LogP contribution is 2.22. The Morgan fingerprint density at radius 2 is 2.15 bits per heavy atom. The van der Waals surface area contributed by atoms with E-state index in [-0.39, 0.29) is 5.41 Å². The summed E-state index contributed by atoms with van der Waals surface area (Å²) in [5.74, 6) is 0. The summed E-state index contributed by atoms with van der Waals surface area (Å²) < 4.78 is 0. The molecule has 0 saturated heterocycles. The highest BCUT2D eigenvalue weighted by molar-refractivity contribution is 5.31. The first-order valence-corrected chi connectivity index (χ1v) is 4.62. The molecule has 0 saturated carbocycles. The molecule has 0 unspecified atom stereocenters. The second kappa shape index (κ2) is 4.40. The minimum Gasteiger partial charge on any atom is -0.318 e. The maximum atomic E-state index is 5.36. The van der Waals surface area contributed by atoms with E-state index in [1.54, 1.807) is 0 Å². The molecule has 2 nitrogen and oxygen atoms in total. The number of rotatable bonds is 3. The van der Waals surface area contributed by atoms with E-state index >= 15 is 0 Å². The third-order valence-corrected chi connectivity index (χ3v) is 2.04. The van der Waals surface area contributed by atoms with Crippen LogP contribution in [0.1, 0.15) is 13.8 Å². The standard InChI is InChI=1S/C11H18N2/c1-11(2)6-3-4-10(5-7-11)8-13-9-12/h3-7,13H,8-9,12H2,1-2H3. The van der Waals surface area contributed by atoms with Crippen LogP contribution in [0.15, 0.2) is 36.0 Å². The van der Waals surface area contributed by atoms with E-state index in [2.05, 4.69) is 49.5 Å². The Morgan fingerprint density at radius 1 is 1.38 bits per heavy atom. The minimum absolute atomic E-state index is 0.168. The van der Waals surface area contributed by atoms with Crippen LogP contribution in [-0.4, -0.2) is 13.2 Å². The molecule has 0 aromatic heterocycles. The number of nitrogens with two attached hydrogens (primary N) is 1. The Morgan fingerprint density at radius 3 is 2.85 bits per heavy atom. The van der Waals surface area contributed by atoms with Crippen LogP contribution in [-0.2, 0) is 0 Å². The maximum Gasteiger partial charge on any atom is 0.0431 e. The lowest BCUT2D eigenvalue weighted by Crippen LogP contribution is -2.23. The van der Waals surface area contributed by atoms with Crippen LogP contribution in [0.2, 0.25) is 0 Å². The van der Waals surface area contributed by atoms with Gasteiger partial charge in [0, 0.05) is 18.6 Å². The van der Waals surface area contributed by atoms with Crippen LogP contribution in [0.5, 0.6) is 0 Å². The van der Waals surface area contributed by atoms with Gasteiger partial charge in [-0.1, -0.05) is 44.2 Å². The molecular formula is C11H18N2. The summed E-state index contributed by atoms with van der Waals surface area (Å²) in [6.07, 6.45) is 10.8. The first-order valence-electron chi connectivity index (χ1n) is 4.62. The van der Waals surface area contributed by atoms with Gasteiger partial charge in [0.1, 0.15) is 0 Å². The summed E-state index contributed by atoms with van der Waals surface area (Å²) in [4.78, 5) is 0. The topological polar surface area (TPSA) is 38.0 Å². The van der Waals surface area contributed by atoms with Crippen molar-refractivity contribution in [1.29, 1.82) is 0 Å². The number of allylic oxidation sites excluding steroid dienone is 4. The molecule has 0 fully saturated rings. The van der Waals surface area contributed by atoms with Gasteiger partial charge in [-0.15, -0.1) is 0 Å². The molecule has 2 heteroatoms. The normalized spacial score (nSPS) is 19.8. The summed E-state index contributed by atoms with van der Waals surface area (Å²) in [5, 5.41) is 3.10. The van der Waals surface area contributed by atoms with Gasteiger partial charge in [-0.25, -0.2) is 0 Å². The van der Waals surface area contributed by atoms with Crippen molar-refractivity contribution in [2.75, 3.05) is 13.2 Å². The molecule has 13 heavy (non-hydrogen) atoms. The average molecular weight is 178 g/mol. The molecular weight excluding hydrogens is 160 g/mol. The van der Waals surface area contributed by atoms with Crippen LogP contribution in [0.25, 0.3) is 0 Å². The average Bonchev–Trinajstić information content (AvgIpc) is 2.23. The molecule has 1 aliphatic carbocycles. The highest BCUT2D eigenvalue weighted by atomic mass is 14.9. The zero-order chi connectivity index (χ0) is 9.73. The summed E-state index contributed by atoms with van der Waals surface area (Å²) in [6.45, 7) is 5.74. The van der Waals surface area contributed by atoms with Gasteiger partial charge in [-0.05, 0) is 5.57 Å². The summed E-state index contributed by atoms with van der Waals surface area (Å²) in [5.41, 5.74) is 6.80. The van der Waals surface area contributed by atoms with Crippen molar-refractivity contribution in [2.24, 2.45) is 11.1 Å². The Labute approximate surface area is 80.2 Å². The van der Waals surface area contributed by atoms with Gasteiger partial charge in [0.25, 0.3) is 0 Å². The van der Waals surface area contributed by atoms with Gasteiger partial charge < -0.3 is 11.1 Å². The Kier molecular flexibility index (Phi) is 3.46. The number of nitrogens with one attached hydrogen (secondary N) is 1. The van der Waals surface area contributed by atoms with E-state index in [0.29, 0.717) is 6.67 Å². The zero-order valence-electron chi connectivity index (χ0n) is 8.38. The van der Waals surface area contributed by atoms with Gasteiger partial charge in [-0.2, -0.15) is 0 Å². The van der Waals surface area contributed by atoms with E-state index in [9.17, 15) is 0 Å². The summed E-state index contributed by atoms with van der Waals surface area (Å²) >= 11 is 0. The molecule has 1 aliphatic rings. The first-order chi connectivity index (χ1) is 6.14. The number of hydrogen-bond donors (Lipinski definition) is 2. The van der Waals surface area contributed by atoms with Crippen LogP contribution in [0, 0.1) is 5.41 Å². The molecule has 3 N–H and O–H groups in total. The zero-order valence-corrected chi connectivity index (χ0v) is 8.38. The quantitative estimate of drug-likeness (QED) is 0.644. The van der Waals surface area contributed by atoms with E-state index < -0.39 is 0 Å². The Hall–Kier alpha value is -0.860. The van der Waals surface area contributed by atoms with Crippen molar-refractivity contribution in [3.8, 4) is 0 Å². The van der Waals surface area contributed by atoms with Gasteiger partial charge in [0.2, 0.25) is 0 Å². The molecule has 0 radical (unpaired) electrons. The third-order valence-electron chi connectivity index (χ3n) is 2.04. The van der Waals surface area contributed by atoms with E-state index in [4.69, 9.17) is 5.73 Å². The molecule has 1 rings (SSSR count). The van der Waals surface area contributed by atoms with E-state index in [0.717, 1.165) is 6.54 Å². The Bertz CT molecular complexity index is 247. The maximum absolute atomic E-state index is 5.36. The fourth-order valence-corrected chi connectivity index (χ4v) is 1.19. The van der Waals surface area contributed by atoms with Crippen molar-refractivity contribution in [3.63, 3.8) is 0 Å². The lowest BCUT2D eigenvalue weighted by molar-refractivity contribution is 0.626. The fourth-order valence-electron chi connectivity index (χ4n) is 1.19. The monoisotopic (exact) mass is 178 g/mol. The van der Waals surface area contributed by atoms with Crippen LogP contribution in [0.3, 0.4) is 0 Å². The third kappa shape index (κ3) is 3.57. The number of hydrogen-bond acceptors (Lipinski definition) is 2. The molecule has 72 valence electrons. The second-order valence-corrected chi connectivity index (χ2v) is 3.89. The largest absolute Gasteiger partial charge is 0.318 e. The molecule has 0 aliphatic heterocycles. The lowest BCUT2D eigenvalue weighted by Gasteiger charge is -2.12. The summed E-state index contributed by atoms with van der Waals surface area (Å²) in [6, 6.07) is 0. The van der Waals surface area contributed by atoms with Crippen LogP contribution >= 0.6 is 0 Å². The highest BCUT2D eigenvalue weighted by Gasteiger charge is 2.09. The van der Waals surface area contributed by atoms with Gasteiger partial charge in [0.15, 0.2) is 0 Å². The van der Waals surface area contributed by atoms with Crippen molar-refractivity contribution in [3.05, 3.63) is 36.0 Å². The van der Waals surface area contributed by atoms with Gasteiger partial charge in [0.05, 0.1) is 0 Å². The van der Waals surface area contributed by atoms with Crippen LogP contribution in [0.4, 0.5) is 0 Å². The minimum atomic E-state index is 0.168. The molecule has 0 aromatic rings. The SMILES string of the molecule is CC1(C)C=CC=C(CNCN)C=C1. The van der Waals surface area contributed by atoms with Crippen molar-refractivity contribution in [1.82, 2.24) is 5.32 Å². The first kappa shape index (κ1) is 10.2. The summed E-state index contributed by atoms with van der Waals surface area (Å²) in [7, 11) is 0. The van der Waals surface area contributed by atoms with Crippen molar-refractivity contribution < 1.29 is 0 Å². The van der Waals surface area contributed by atoms with Gasteiger partial charge >= 0.3 is 0 Å². The van der Waals surface area contributed by atoms with E-state index in [1.807, 2.05) is 0 Å². The molecule has 0 spiro atoms. The fraction of sp³-hybridized carbons (Fsp3) is 0.455. The second-order valence-electron chi connectivity index (χ2n) is 3.89. The molecule has 0 amide bonds. The predicted molar refractivity (Wildman–Crippen MR) is 57.2 cm³/mol.